The van der Waals surface area contributed by atoms with Crippen molar-refractivity contribution in [2.24, 2.45) is 0 Å². The first-order chi connectivity index (χ1) is 20.6. The number of carbonyl (C=O) groups is 1. The lowest BCUT2D eigenvalue weighted by Crippen LogP contribution is -2.11. The van der Waals surface area contributed by atoms with Crippen LogP contribution in [0.25, 0.3) is 33.3 Å². The molecule has 6 aromatic rings. The van der Waals surface area contributed by atoms with E-state index in [9.17, 15) is 35.1 Å². The maximum Gasteiger partial charge on any atom is 0.413 e. The summed E-state index contributed by atoms with van der Waals surface area (Å²) >= 11 is 1.67. The molecule has 0 saturated carbocycles. The number of ether oxygens (including phenoxy) is 1. The molecule has 7 N–H and O–H groups in total. The van der Waals surface area contributed by atoms with E-state index >= 15 is 0 Å². The number of phenolic OH excluding ortho intramolecular Hbond substituents is 4. The molecule has 0 aliphatic carbocycles. The molecule has 4 aromatic carbocycles. The average molecular weight is 602 g/mol. The molecule has 2 heterocycles. The summed E-state index contributed by atoms with van der Waals surface area (Å²) in [6.45, 7) is 0. The zero-order valence-electron chi connectivity index (χ0n) is 22.2. The van der Waals surface area contributed by atoms with Crippen LogP contribution in [0.5, 0.6) is 28.7 Å². The Morgan fingerprint density at radius 2 is 1.65 bits per heavy atom. The van der Waals surface area contributed by atoms with Crippen LogP contribution in [0.3, 0.4) is 0 Å². The van der Waals surface area contributed by atoms with Gasteiger partial charge < -0.3 is 39.7 Å². The van der Waals surface area contributed by atoms with E-state index in [4.69, 9.17) is 4.42 Å². The minimum Gasteiger partial charge on any atom is -0.508 e. The Balaban J connectivity index is 0.000000171. The Bertz CT molecular complexity index is 2020. The van der Waals surface area contributed by atoms with Crippen LogP contribution < -0.4 is 10.7 Å². The van der Waals surface area contributed by atoms with E-state index in [1.807, 2.05) is 36.4 Å². The van der Waals surface area contributed by atoms with Crippen molar-refractivity contribution in [3.63, 3.8) is 0 Å². The molecule has 0 bridgehead atoms. The van der Waals surface area contributed by atoms with Gasteiger partial charge in [-0.25, -0.2) is 9.78 Å². The number of aromatic hydroxyl groups is 5. The summed E-state index contributed by atoms with van der Waals surface area (Å²) in [7, 11) is 1.31. The van der Waals surface area contributed by atoms with Gasteiger partial charge in [0.15, 0.2) is 17.3 Å². The molecule has 12 nitrogen and oxygen atoms in total. The molecule has 43 heavy (non-hydrogen) atoms. The van der Waals surface area contributed by atoms with E-state index in [2.05, 4.69) is 32.2 Å². The van der Waals surface area contributed by atoms with Crippen LogP contribution in [0.1, 0.15) is 0 Å². The van der Waals surface area contributed by atoms with Crippen molar-refractivity contribution < 1.29 is 39.5 Å². The maximum atomic E-state index is 12.1. The third kappa shape index (κ3) is 6.26. The largest absolute Gasteiger partial charge is 0.508 e. The number of benzene rings is 4. The van der Waals surface area contributed by atoms with Gasteiger partial charge in [-0.1, -0.05) is 30.0 Å². The molecule has 1 amide bonds. The smallest absolute Gasteiger partial charge is 0.413 e. The normalized spacial score (nSPS) is 10.7. The van der Waals surface area contributed by atoms with Gasteiger partial charge in [-0.15, -0.1) is 0 Å². The lowest BCUT2D eigenvalue weighted by Gasteiger charge is -2.08. The summed E-state index contributed by atoms with van der Waals surface area (Å²) in [6.07, 6.45) is -0.548. The molecule has 0 saturated heterocycles. The maximum absolute atomic E-state index is 12.1. The highest BCUT2D eigenvalue weighted by Crippen LogP contribution is 2.37. The summed E-state index contributed by atoms with van der Waals surface area (Å²) in [5, 5.41) is 50.1. The molecule has 0 aliphatic heterocycles. The van der Waals surface area contributed by atoms with Gasteiger partial charge in [0.2, 0.25) is 17.1 Å². The van der Waals surface area contributed by atoms with Gasteiger partial charge in [0.05, 0.1) is 18.1 Å². The number of phenols is 4. The van der Waals surface area contributed by atoms with Gasteiger partial charge in [0.1, 0.15) is 22.5 Å². The molecule has 0 spiro atoms. The summed E-state index contributed by atoms with van der Waals surface area (Å²) in [6, 6.07) is 21.7. The predicted octanol–water partition coefficient (Wildman–Crippen LogP) is 5.88. The Morgan fingerprint density at radius 3 is 2.37 bits per heavy atom. The van der Waals surface area contributed by atoms with Crippen LogP contribution in [0.15, 0.2) is 97.9 Å². The molecule has 218 valence electrons. The van der Waals surface area contributed by atoms with Crippen LogP contribution >= 0.6 is 11.8 Å². The van der Waals surface area contributed by atoms with E-state index in [-0.39, 0.29) is 33.8 Å². The number of hydrogen-bond acceptors (Lipinski definition) is 11. The first kappa shape index (κ1) is 28.7. The van der Waals surface area contributed by atoms with E-state index in [1.54, 1.807) is 11.8 Å². The molecule has 0 unspecified atom stereocenters. The number of anilines is 1. The van der Waals surface area contributed by atoms with Crippen molar-refractivity contribution in [1.82, 2.24) is 9.97 Å². The number of carbonyl (C=O) groups excluding carboxylic acids is 1. The van der Waals surface area contributed by atoms with Gasteiger partial charge in [-0.2, -0.15) is 0 Å². The van der Waals surface area contributed by atoms with E-state index in [0.717, 1.165) is 40.2 Å². The van der Waals surface area contributed by atoms with Gasteiger partial charge in [0.25, 0.3) is 0 Å². The Morgan fingerprint density at radius 1 is 0.884 bits per heavy atom. The van der Waals surface area contributed by atoms with Crippen molar-refractivity contribution >= 4 is 45.8 Å². The molecule has 0 atom stereocenters. The first-order valence-corrected chi connectivity index (χ1v) is 13.3. The number of H-pyrrole nitrogens is 1. The molecular weight excluding hydrogens is 578 g/mol. The highest BCUT2D eigenvalue weighted by molar-refractivity contribution is 7.99. The molecule has 0 fully saturated rings. The van der Waals surface area contributed by atoms with Crippen molar-refractivity contribution in [2.75, 3.05) is 12.4 Å². The van der Waals surface area contributed by atoms with Gasteiger partial charge in [0, 0.05) is 27.5 Å². The lowest BCUT2D eigenvalue weighted by atomic mass is 10.1. The monoisotopic (exact) mass is 601 g/mol. The van der Waals surface area contributed by atoms with Gasteiger partial charge in [-0.05, 0) is 48.5 Å². The molecule has 13 heteroatoms. The fraction of sp³-hybridized carbons (Fsp3) is 0.0333. The number of imidazole rings is 1. The van der Waals surface area contributed by atoms with Gasteiger partial charge >= 0.3 is 6.09 Å². The van der Waals surface area contributed by atoms with Crippen molar-refractivity contribution in [3.8, 4) is 40.1 Å². The second-order valence-electron chi connectivity index (χ2n) is 8.95. The summed E-state index contributed by atoms with van der Waals surface area (Å²) in [5.41, 5.74) is 0.764. The minimum absolute atomic E-state index is 0.134. The standard InChI is InChI=1S/C15H13N3O2S.C15H10O7/c1-20-15(19)18-14-16-12-8-7-11(9-13(12)17-14)21-10-5-3-2-4-6-10;16-7-4-10(19)12-11(5-7)22-15(14(21)13(12)20)6-1-2-8(17)9(18)3-6/h2-9H,1H3,(H2,16,17,18,19);1-5,16-19,21H. The molecule has 0 aliphatic rings. The Labute approximate surface area is 246 Å². The highest BCUT2D eigenvalue weighted by atomic mass is 32.2. The molecule has 2 aromatic heterocycles. The predicted molar refractivity (Wildman–Crippen MR) is 159 cm³/mol. The summed E-state index contributed by atoms with van der Waals surface area (Å²) in [4.78, 5) is 32.9. The van der Waals surface area contributed by atoms with Crippen molar-refractivity contribution in [1.29, 1.82) is 0 Å². The zero-order valence-corrected chi connectivity index (χ0v) is 23.0. The van der Waals surface area contributed by atoms with Crippen molar-refractivity contribution in [3.05, 3.63) is 89.1 Å². The summed E-state index contributed by atoms with van der Waals surface area (Å²) < 4.78 is 9.89. The number of hydrogen-bond donors (Lipinski definition) is 7. The number of methoxy groups -OCH3 is 1. The van der Waals surface area contributed by atoms with Crippen LogP contribution in [0, 0.1) is 0 Å². The topological polar surface area (TPSA) is 198 Å². The third-order valence-electron chi connectivity index (χ3n) is 6.01. The fourth-order valence-electron chi connectivity index (χ4n) is 4.02. The zero-order chi connectivity index (χ0) is 30.7. The molecular formula is C30H23N3O9S. The van der Waals surface area contributed by atoms with Crippen LogP contribution in [-0.4, -0.2) is 48.7 Å². The molecule has 0 radical (unpaired) electrons. The van der Waals surface area contributed by atoms with Crippen LogP contribution in [-0.2, 0) is 4.74 Å². The SMILES string of the molecule is COC(=O)Nc1nc2ccc(Sc3ccccc3)cc2[nH]1.O=c1c(O)c(-c2ccc(O)c(O)c2)oc2cc(O)cc(O)c12. The number of aromatic nitrogens is 2. The number of fused-ring (bicyclic) bond motifs is 2. The highest BCUT2D eigenvalue weighted by Gasteiger charge is 2.19. The van der Waals surface area contributed by atoms with E-state index in [1.165, 1.54) is 18.1 Å². The van der Waals surface area contributed by atoms with E-state index < -0.39 is 28.8 Å². The lowest BCUT2D eigenvalue weighted by molar-refractivity contribution is 0.186. The van der Waals surface area contributed by atoms with Crippen LogP contribution in [0.4, 0.5) is 10.7 Å². The third-order valence-corrected chi connectivity index (χ3v) is 7.01. The fourth-order valence-corrected chi connectivity index (χ4v) is 4.90. The first-order valence-electron chi connectivity index (χ1n) is 12.4. The number of rotatable bonds is 4. The van der Waals surface area contributed by atoms with Crippen molar-refractivity contribution in [2.45, 2.75) is 9.79 Å². The Hall–Kier alpha value is -5.82. The number of aromatic amines is 1. The van der Waals surface area contributed by atoms with E-state index in [0.29, 0.717) is 5.95 Å². The minimum atomic E-state index is -0.888. The van der Waals surface area contributed by atoms with Crippen LogP contribution in [0.2, 0.25) is 0 Å². The summed E-state index contributed by atoms with van der Waals surface area (Å²) in [5.74, 6) is -2.34. The second-order valence-corrected chi connectivity index (χ2v) is 10.1. The quantitative estimate of drug-likeness (QED) is 0.119. The number of amides is 1. The number of nitrogens with one attached hydrogen (secondary N) is 2. The Kier molecular flexibility index (Phi) is 7.98. The average Bonchev–Trinajstić information content (AvgIpc) is 3.38. The second kappa shape index (κ2) is 12.0. The van der Waals surface area contributed by atoms with Gasteiger partial charge in [-0.3, -0.25) is 10.1 Å². The number of nitrogens with zero attached hydrogens (tertiary/aromatic N) is 1. The molecule has 6 rings (SSSR count).